The second-order valence-corrected chi connectivity index (χ2v) is 4.26. The summed E-state index contributed by atoms with van der Waals surface area (Å²) in [4.78, 5) is 11.6. The van der Waals surface area contributed by atoms with Gasteiger partial charge in [0.25, 0.3) is 0 Å². The summed E-state index contributed by atoms with van der Waals surface area (Å²) in [6, 6.07) is 10.0. The lowest BCUT2D eigenvalue weighted by atomic mass is 10.1. The van der Waals surface area contributed by atoms with Crippen LogP contribution in [0.3, 0.4) is 0 Å². The molecule has 0 saturated carbocycles. The Balaban J connectivity index is 2.43. The summed E-state index contributed by atoms with van der Waals surface area (Å²) in [5, 5.41) is 2.99. The monoisotopic (exact) mass is 205 g/mol. The molecular weight excluding hydrogens is 186 g/mol. The molecule has 1 rings (SSSR count). The van der Waals surface area contributed by atoms with Crippen LogP contribution in [0.4, 0.5) is 0 Å². The van der Waals surface area contributed by atoms with Crippen molar-refractivity contribution in [2.75, 3.05) is 0 Å². The maximum Gasteiger partial charge on any atom is 0.224 e. The molecule has 1 amide bonds. The predicted octanol–water partition coefficient (Wildman–Crippen LogP) is 2.39. The quantitative estimate of drug-likeness (QED) is 0.803. The van der Waals surface area contributed by atoms with Crippen LogP contribution in [0.5, 0.6) is 0 Å². The van der Waals surface area contributed by atoms with E-state index in [9.17, 15) is 4.79 Å². The van der Waals surface area contributed by atoms with Gasteiger partial charge in [-0.2, -0.15) is 0 Å². The average Bonchev–Trinajstić information content (AvgIpc) is 2.18. The molecule has 2 nitrogen and oxygen atoms in total. The molecule has 2 heteroatoms. The number of carbonyl (C=O) groups excluding carboxylic acids is 1. The van der Waals surface area contributed by atoms with E-state index in [4.69, 9.17) is 0 Å². The Kier molecular flexibility index (Phi) is 4.35. The molecule has 0 aromatic heterocycles. The van der Waals surface area contributed by atoms with Gasteiger partial charge in [0.2, 0.25) is 5.91 Å². The predicted molar refractivity (Wildman–Crippen MR) is 62.6 cm³/mol. The zero-order valence-electron chi connectivity index (χ0n) is 9.66. The first-order valence-corrected chi connectivity index (χ1v) is 5.43. The fraction of sp³-hybridized carbons (Fsp3) is 0.462. The van der Waals surface area contributed by atoms with E-state index in [0.29, 0.717) is 12.3 Å². The van der Waals surface area contributed by atoms with Crippen LogP contribution >= 0.6 is 0 Å². The highest BCUT2D eigenvalue weighted by Crippen LogP contribution is 2.02. The van der Waals surface area contributed by atoms with Gasteiger partial charge in [-0.15, -0.1) is 0 Å². The van der Waals surface area contributed by atoms with Gasteiger partial charge in [-0.3, -0.25) is 4.79 Å². The van der Waals surface area contributed by atoms with Crippen LogP contribution in [-0.4, -0.2) is 11.9 Å². The van der Waals surface area contributed by atoms with Crippen LogP contribution in [0.1, 0.15) is 26.3 Å². The average molecular weight is 205 g/mol. The zero-order chi connectivity index (χ0) is 11.3. The summed E-state index contributed by atoms with van der Waals surface area (Å²) in [6.45, 7) is 6.24. The van der Waals surface area contributed by atoms with E-state index in [1.807, 2.05) is 37.3 Å². The Bertz CT molecular complexity index is 306. The molecule has 0 heterocycles. The van der Waals surface area contributed by atoms with E-state index in [2.05, 4.69) is 19.2 Å². The minimum atomic E-state index is 0.0994. The van der Waals surface area contributed by atoms with Gasteiger partial charge in [-0.1, -0.05) is 44.2 Å². The van der Waals surface area contributed by atoms with Crippen LogP contribution in [0.25, 0.3) is 0 Å². The lowest BCUT2D eigenvalue weighted by molar-refractivity contribution is -0.121. The Hall–Kier alpha value is -1.31. The second kappa shape index (κ2) is 5.54. The minimum absolute atomic E-state index is 0.0994. The van der Waals surface area contributed by atoms with E-state index < -0.39 is 0 Å². The molecule has 0 bridgehead atoms. The number of nitrogens with one attached hydrogen (secondary N) is 1. The van der Waals surface area contributed by atoms with Gasteiger partial charge in [0.15, 0.2) is 0 Å². The third-order valence-corrected chi connectivity index (χ3v) is 2.60. The van der Waals surface area contributed by atoms with Gasteiger partial charge in [0, 0.05) is 6.04 Å². The Morgan fingerprint density at radius 1 is 1.20 bits per heavy atom. The molecule has 1 aromatic carbocycles. The van der Waals surface area contributed by atoms with Gasteiger partial charge < -0.3 is 5.32 Å². The molecule has 15 heavy (non-hydrogen) atoms. The Morgan fingerprint density at radius 2 is 1.80 bits per heavy atom. The summed E-state index contributed by atoms with van der Waals surface area (Å²) in [5.41, 5.74) is 1.06. The van der Waals surface area contributed by atoms with E-state index >= 15 is 0 Å². The van der Waals surface area contributed by atoms with E-state index in [0.717, 1.165) is 5.56 Å². The van der Waals surface area contributed by atoms with Crippen molar-refractivity contribution in [1.82, 2.24) is 5.32 Å². The van der Waals surface area contributed by atoms with E-state index in [-0.39, 0.29) is 11.9 Å². The van der Waals surface area contributed by atoms with Crippen molar-refractivity contribution in [3.63, 3.8) is 0 Å². The van der Waals surface area contributed by atoms with Gasteiger partial charge in [0.1, 0.15) is 0 Å². The molecule has 0 saturated heterocycles. The standard InChI is InChI=1S/C13H19NO/c1-10(2)11(3)14-13(15)9-12-7-5-4-6-8-12/h4-8,10-11H,9H2,1-3H3,(H,14,15)/t11-/m1/s1. The van der Waals surface area contributed by atoms with E-state index in [1.54, 1.807) is 0 Å². The lowest BCUT2D eigenvalue weighted by Crippen LogP contribution is -2.36. The second-order valence-electron chi connectivity index (χ2n) is 4.26. The third kappa shape index (κ3) is 4.15. The first-order valence-electron chi connectivity index (χ1n) is 5.43. The highest BCUT2D eigenvalue weighted by molar-refractivity contribution is 5.78. The lowest BCUT2D eigenvalue weighted by Gasteiger charge is -2.17. The minimum Gasteiger partial charge on any atom is -0.353 e. The fourth-order valence-electron chi connectivity index (χ4n) is 1.25. The SMILES string of the molecule is CC(C)[C@@H](C)NC(=O)Cc1ccccc1. The Morgan fingerprint density at radius 3 is 2.33 bits per heavy atom. The van der Waals surface area contributed by atoms with Crippen molar-refractivity contribution < 1.29 is 4.79 Å². The summed E-state index contributed by atoms with van der Waals surface area (Å²) in [5.74, 6) is 0.576. The van der Waals surface area contributed by atoms with Crippen molar-refractivity contribution in [3.8, 4) is 0 Å². The maximum atomic E-state index is 11.6. The molecule has 0 aliphatic carbocycles. The van der Waals surface area contributed by atoms with Gasteiger partial charge in [0.05, 0.1) is 6.42 Å². The molecule has 0 fully saturated rings. The summed E-state index contributed by atoms with van der Waals surface area (Å²) in [6.07, 6.45) is 0.470. The number of hydrogen-bond acceptors (Lipinski definition) is 1. The normalized spacial score (nSPS) is 12.5. The van der Waals surface area contributed by atoms with E-state index in [1.165, 1.54) is 0 Å². The number of carbonyl (C=O) groups is 1. The van der Waals surface area contributed by atoms with Gasteiger partial charge >= 0.3 is 0 Å². The van der Waals surface area contributed by atoms with Crippen molar-refractivity contribution in [1.29, 1.82) is 0 Å². The highest BCUT2D eigenvalue weighted by atomic mass is 16.1. The number of rotatable bonds is 4. The molecule has 1 aromatic rings. The van der Waals surface area contributed by atoms with Crippen LogP contribution in [0.2, 0.25) is 0 Å². The van der Waals surface area contributed by atoms with Crippen molar-refractivity contribution in [2.45, 2.75) is 33.2 Å². The topological polar surface area (TPSA) is 29.1 Å². The summed E-state index contributed by atoms with van der Waals surface area (Å²) in [7, 11) is 0. The first kappa shape index (κ1) is 11.8. The van der Waals surface area contributed by atoms with Crippen LogP contribution in [-0.2, 0) is 11.2 Å². The largest absolute Gasteiger partial charge is 0.353 e. The zero-order valence-corrected chi connectivity index (χ0v) is 9.66. The highest BCUT2D eigenvalue weighted by Gasteiger charge is 2.10. The summed E-state index contributed by atoms with van der Waals surface area (Å²) < 4.78 is 0. The maximum absolute atomic E-state index is 11.6. The molecule has 0 radical (unpaired) electrons. The summed E-state index contributed by atoms with van der Waals surface area (Å²) >= 11 is 0. The number of amides is 1. The number of hydrogen-bond donors (Lipinski definition) is 1. The molecular formula is C13H19NO. The van der Waals surface area contributed by atoms with Gasteiger partial charge in [-0.25, -0.2) is 0 Å². The Labute approximate surface area is 91.7 Å². The van der Waals surface area contributed by atoms with Crippen molar-refractivity contribution in [3.05, 3.63) is 35.9 Å². The fourth-order valence-corrected chi connectivity index (χ4v) is 1.25. The van der Waals surface area contributed by atoms with Crippen molar-refractivity contribution in [2.24, 2.45) is 5.92 Å². The molecule has 0 unspecified atom stereocenters. The molecule has 1 atom stereocenters. The molecule has 0 aliphatic heterocycles. The molecule has 0 spiro atoms. The van der Waals surface area contributed by atoms with Crippen LogP contribution in [0.15, 0.2) is 30.3 Å². The first-order chi connectivity index (χ1) is 7.09. The number of benzene rings is 1. The van der Waals surface area contributed by atoms with Crippen LogP contribution < -0.4 is 5.32 Å². The third-order valence-electron chi connectivity index (χ3n) is 2.60. The van der Waals surface area contributed by atoms with Crippen LogP contribution in [0, 0.1) is 5.92 Å². The molecule has 82 valence electrons. The smallest absolute Gasteiger partial charge is 0.224 e. The molecule has 0 aliphatic rings. The van der Waals surface area contributed by atoms with Crippen molar-refractivity contribution >= 4 is 5.91 Å². The molecule has 1 N–H and O–H groups in total. The van der Waals surface area contributed by atoms with Gasteiger partial charge in [-0.05, 0) is 18.4 Å².